The van der Waals surface area contributed by atoms with E-state index in [1.807, 2.05) is 30.3 Å². The zero-order valence-corrected chi connectivity index (χ0v) is 15.2. The van der Waals surface area contributed by atoms with Crippen LogP contribution >= 0.6 is 0 Å². The molecule has 3 heteroatoms. The molecular weight excluding hydrogens is 300 g/mol. The van der Waals surface area contributed by atoms with Gasteiger partial charge < -0.3 is 9.47 Å². The minimum atomic E-state index is -0.138. The van der Waals surface area contributed by atoms with Crippen molar-refractivity contribution in [2.24, 2.45) is 5.92 Å². The summed E-state index contributed by atoms with van der Waals surface area (Å²) in [5, 5.41) is 0. The fourth-order valence-electron chi connectivity index (χ4n) is 2.95. The molecule has 0 aliphatic carbocycles. The van der Waals surface area contributed by atoms with Crippen molar-refractivity contribution < 1.29 is 14.3 Å². The van der Waals surface area contributed by atoms with Gasteiger partial charge in [-0.3, -0.25) is 4.79 Å². The largest absolute Gasteiger partial charge is 0.352 e. The summed E-state index contributed by atoms with van der Waals surface area (Å²) in [5.41, 5.74) is 2.14. The Morgan fingerprint density at radius 2 is 2.04 bits per heavy atom. The molecule has 3 nitrogen and oxygen atoms in total. The van der Waals surface area contributed by atoms with Crippen molar-refractivity contribution in [2.45, 2.75) is 65.3 Å². The number of Topliss-reactive ketones (excluding diaryl/α,β-unsaturated/α-hetero) is 1. The van der Waals surface area contributed by atoms with E-state index in [-0.39, 0.29) is 18.2 Å². The van der Waals surface area contributed by atoms with Crippen molar-refractivity contribution in [3.05, 3.63) is 47.5 Å². The Morgan fingerprint density at radius 3 is 2.75 bits per heavy atom. The normalized spacial score (nSPS) is 22.0. The molecule has 0 radical (unpaired) electrons. The standard InChI is InChI=1S/C21H30O3/c1-16(2)8-7-9-17(3)21-23-15-14-19(24-21)12-13-20(22)18-10-5-4-6-11-18/h4-6,8,10-11,17,19,21H,7,9,12-15H2,1-3H3. The van der Waals surface area contributed by atoms with Crippen LogP contribution in [-0.2, 0) is 9.47 Å². The molecule has 0 N–H and O–H groups in total. The van der Waals surface area contributed by atoms with Gasteiger partial charge in [0.05, 0.1) is 12.7 Å². The lowest BCUT2D eigenvalue weighted by Gasteiger charge is -2.33. The molecule has 0 bridgehead atoms. The smallest absolute Gasteiger partial charge is 0.162 e. The minimum absolute atomic E-state index is 0.127. The number of carbonyl (C=O) groups is 1. The summed E-state index contributed by atoms with van der Waals surface area (Å²) in [7, 11) is 0. The first kappa shape index (κ1) is 18.9. The second-order valence-electron chi connectivity index (χ2n) is 6.95. The van der Waals surface area contributed by atoms with Crippen LogP contribution in [0, 0.1) is 5.92 Å². The second kappa shape index (κ2) is 9.75. The van der Waals surface area contributed by atoms with Gasteiger partial charge in [-0.15, -0.1) is 0 Å². The van der Waals surface area contributed by atoms with Crippen molar-refractivity contribution in [1.82, 2.24) is 0 Å². The fourth-order valence-corrected chi connectivity index (χ4v) is 2.95. The molecule has 24 heavy (non-hydrogen) atoms. The van der Waals surface area contributed by atoms with Gasteiger partial charge in [0.1, 0.15) is 0 Å². The number of carbonyl (C=O) groups excluding carboxylic acids is 1. The predicted octanol–water partition coefficient (Wildman–Crippen LogP) is 5.16. The molecule has 1 aromatic carbocycles. The van der Waals surface area contributed by atoms with E-state index in [9.17, 15) is 4.79 Å². The first-order valence-corrected chi connectivity index (χ1v) is 9.05. The highest BCUT2D eigenvalue weighted by atomic mass is 16.7. The number of ketones is 1. The van der Waals surface area contributed by atoms with Crippen LogP contribution in [-0.4, -0.2) is 24.8 Å². The molecule has 0 saturated carbocycles. The number of rotatable bonds is 8. The third kappa shape index (κ3) is 6.21. The Labute approximate surface area is 146 Å². The quantitative estimate of drug-likeness (QED) is 0.487. The van der Waals surface area contributed by atoms with Crippen LogP contribution in [0.2, 0.25) is 0 Å². The van der Waals surface area contributed by atoms with Crippen LogP contribution in [0.3, 0.4) is 0 Å². The molecule has 3 atom stereocenters. The van der Waals surface area contributed by atoms with Gasteiger partial charge in [0.2, 0.25) is 0 Å². The number of allylic oxidation sites excluding steroid dienone is 2. The van der Waals surface area contributed by atoms with Crippen molar-refractivity contribution in [3.8, 4) is 0 Å². The maximum atomic E-state index is 12.2. The van der Waals surface area contributed by atoms with E-state index >= 15 is 0 Å². The Hall–Kier alpha value is -1.45. The second-order valence-corrected chi connectivity index (χ2v) is 6.95. The van der Waals surface area contributed by atoms with Crippen LogP contribution in [0.1, 0.15) is 63.2 Å². The Morgan fingerprint density at radius 1 is 1.29 bits per heavy atom. The molecule has 132 valence electrons. The lowest BCUT2D eigenvalue weighted by Crippen LogP contribution is -2.36. The molecule has 1 aliphatic rings. The molecule has 0 amide bonds. The van der Waals surface area contributed by atoms with Gasteiger partial charge in [-0.2, -0.15) is 0 Å². The molecule has 2 rings (SSSR count). The molecule has 1 heterocycles. The van der Waals surface area contributed by atoms with Crippen molar-refractivity contribution in [1.29, 1.82) is 0 Å². The third-order valence-electron chi connectivity index (χ3n) is 4.48. The fraction of sp³-hybridized carbons (Fsp3) is 0.571. The molecule has 1 aromatic rings. The van der Waals surface area contributed by atoms with E-state index in [2.05, 4.69) is 26.8 Å². The third-order valence-corrected chi connectivity index (χ3v) is 4.48. The molecule has 1 fully saturated rings. The van der Waals surface area contributed by atoms with Gasteiger partial charge >= 0.3 is 0 Å². The summed E-state index contributed by atoms with van der Waals surface area (Å²) in [6, 6.07) is 9.49. The summed E-state index contributed by atoms with van der Waals surface area (Å²) in [6.45, 7) is 7.15. The van der Waals surface area contributed by atoms with E-state index in [0.29, 0.717) is 12.3 Å². The van der Waals surface area contributed by atoms with Crippen LogP contribution in [0.25, 0.3) is 0 Å². The zero-order valence-electron chi connectivity index (χ0n) is 15.2. The van der Waals surface area contributed by atoms with Gasteiger partial charge in [-0.05, 0) is 39.5 Å². The van der Waals surface area contributed by atoms with Crippen molar-refractivity contribution in [2.75, 3.05) is 6.61 Å². The number of benzene rings is 1. The van der Waals surface area contributed by atoms with Crippen molar-refractivity contribution in [3.63, 3.8) is 0 Å². The van der Waals surface area contributed by atoms with Gasteiger partial charge in [0, 0.05) is 17.9 Å². The lowest BCUT2D eigenvalue weighted by atomic mass is 10.0. The highest BCUT2D eigenvalue weighted by Crippen LogP contribution is 2.25. The summed E-state index contributed by atoms with van der Waals surface area (Å²) < 4.78 is 11.9. The summed E-state index contributed by atoms with van der Waals surface area (Å²) in [6.07, 6.45) is 6.55. The number of hydrogen-bond donors (Lipinski definition) is 0. The molecule has 3 unspecified atom stereocenters. The number of ether oxygens (including phenoxy) is 2. The monoisotopic (exact) mass is 330 g/mol. The van der Waals surface area contributed by atoms with Crippen LogP contribution in [0.15, 0.2) is 42.0 Å². The van der Waals surface area contributed by atoms with Gasteiger partial charge in [0.15, 0.2) is 12.1 Å². The molecular formula is C21H30O3. The van der Waals surface area contributed by atoms with E-state index in [4.69, 9.17) is 9.47 Å². The highest BCUT2D eigenvalue weighted by Gasteiger charge is 2.27. The van der Waals surface area contributed by atoms with Crippen molar-refractivity contribution >= 4 is 5.78 Å². The molecule has 1 saturated heterocycles. The van der Waals surface area contributed by atoms with Gasteiger partial charge in [-0.25, -0.2) is 0 Å². The highest BCUT2D eigenvalue weighted by molar-refractivity contribution is 5.95. The summed E-state index contributed by atoms with van der Waals surface area (Å²) in [5.74, 6) is 0.562. The van der Waals surface area contributed by atoms with Crippen LogP contribution in [0.5, 0.6) is 0 Å². The van der Waals surface area contributed by atoms with Crippen LogP contribution in [0.4, 0.5) is 0 Å². The molecule has 0 aromatic heterocycles. The molecule has 0 spiro atoms. The minimum Gasteiger partial charge on any atom is -0.352 e. The van der Waals surface area contributed by atoms with Gasteiger partial charge in [0.25, 0.3) is 0 Å². The number of hydrogen-bond acceptors (Lipinski definition) is 3. The zero-order chi connectivity index (χ0) is 17.4. The van der Waals surface area contributed by atoms with E-state index < -0.39 is 0 Å². The van der Waals surface area contributed by atoms with E-state index in [0.717, 1.165) is 37.9 Å². The first-order chi connectivity index (χ1) is 11.6. The Kier molecular flexibility index (Phi) is 7.67. The average molecular weight is 330 g/mol. The first-order valence-electron chi connectivity index (χ1n) is 9.05. The van der Waals surface area contributed by atoms with E-state index in [1.165, 1.54) is 5.57 Å². The Balaban J connectivity index is 1.76. The molecule has 1 aliphatic heterocycles. The average Bonchev–Trinajstić information content (AvgIpc) is 2.60. The van der Waals surface area contributed by atoms with Gasteiger partial charge in [-0.1, -0.05) is 48.9 Å². The lowest BCUT2D eigenvalue weighted by molar-refractivity contribution is -0.234. The SMILES string of the molecule is CC(C)=CCCC(C)C1OCCC(CCC(=O)c2ccccc2)O1. The predicted molar refractivity (Wildman–Crippen MR) is 97.1 cm³/mol. The summed E-state index contributed by atoms with van der Waals surface area (Å²) in [4.78, 5) is 12.2. The maximum Gasteiger partial charge on any atom is 0.162 e. The Bertz CT molecular complexity index is 531. The van der Waals surface area contributed by atoms with E-state index in [1.54, 1.807) is 0 Å². The topological polar surface area (TPSA) is 35.5 Å². The summed E-state index contributed by atoms with van der Waals surface area (Å²) >= 11 is 0. The van der Waals surface area contributed by atoms with Crippen LogP contribution < -0.4 is 0 Å². The maximum absolute atomic E-state index is 12.2.